The first kappa shape index (κ1) is 23.4. The molecule has 0 aromatic heterocycles. The molecule has 0 rings (SSSR count). The van der Waals surface area contributed by atoms with Crippen molar-refractivity contribution < 1.29 is 0 Å². The molecule has 0 aliphatic heterocycles. The topological polar surface area (TPSA) is 145 Å². The molecule has 128 valence electrons. The van der Waals surface area contributed by atoms with Gasteiger partial charge in [-0.25, -0.2) is 0 Å². The standard InChI is InChI=1S/2C8H12N4/c2*1-7(2,5-9)11-12-8(3,4)6-10/h2*1-4H3/b2*12-11+. The molecule has 0 unspecified atom stereocenters. The molecule has 0 fully saturated rings. The largest absolute Gasteiger partial charge is 0.196 e. The van der Waals surface area contributed by atoms with Gasteiger partial charge >= 0.3 is 0 Å². The summed E-state index contributed by atoms with van der Waals surface area (Å²) in [5, 5.41) is 49.3. The van der Waals surface area contributed by atoms with E-state index in [1.54, 1.807) is 55.4 Å². The molecule has 0 heterocycles. The summed E-state index contributed by atoms with van der Waals surface area (Å²) >= 11 is 0. The lowest BCUT2D eigenvalue weighted by atomic mass is 10.1. The third-order valence-electron chi connectivity index (χ3n) is 2.19. The number of hydrogen-bond donors (Lipinski definition) is 0. The van der Waals surface area contributed by atoms with Gasteiger partial charge in [-0.05, 0) is 55.4 Å². The van der Waals surface area contributed by atoms with Crippen LogP contribution >= 0.6 is 0 Å². The van der Waals surface area contributed by atoms with Crippen molar-refractivity contribution >= 4 is 0 Å². The highest BCUT2D eigenvalue weighted by Crippen LogP contribution is 2.14. The maximum absolute atomic E-state index is 8.58. The molecule has 0 aromatic carbocycles. The lowest BCUT2D eigenvalue weighted by molar-refractivity contribution is 0.541. The highest BCUT2D eigenvalue weighted by Gasteiger charge is 2.20. The summed E-state index contributed by atoms with van der Waals surface area (Å²) in [5.74, 6) is 0. The van der Waals surface area contributed by atoms with Gasteiger partial charge in [0.2, 0.25) is 0 Å². The predicted octanol–water partition coefficient (Wildman–Crippen LogP) is 4.09. The number of nitrogens with zero attached hydrogens (tertiary/aromatic N) is 8. The van der Waals surface area contributed by atoms with Gasteiger partial charge in [-0.1, -0.05) is 0 Å². The van der Waals surface area contributed by atoms with Crippen molar-refractivity contribution in [1.29, 1.82) is 21.0 Å². The van der Waals surface area contributed by atoms with E-state index in [4.69, 9.17) is 21.0 Å². The first-order valence-electron chi connectivity index (χ1n) is 7.19. The minimum atomic E-state index is -0.839. The zero-order valence-electron chi connectivity index (χ0n) is 15.6. The van der Waals surface area contributed by atoms with Crippen LogP contribution in [0.4, 0.5) is 0 Å². The molecule has 0 bridgehead atoms. The van der Waals surface area contributed by atoms with Crippen LogP contribution in [-0.2, 0) is 0 Å². The van der Waals surface area contributed by atoms with Crippen molar-refractivity contribution in [3.63, 3.8) is 0 Å². The van der Waals surface area contributed by atoms with Gasteiger partial charge in [0.05, 0.1) is 24.3 Å². The minimum absolute atomic E-state index is 0.839. The Hall–Kier alpha value is -2.84. The van der Waals surface area contributed by atoms with Crippen LogP contribution in [0.15, 0.2) is 20.5 Å². The Kier molecular flexibility index (Phi) is 8.50. The van der Waals surface area contributed by atoms with Crippen LogP contribution < -0.4 is 0 Å². The lowest BCUT2D eigenvalue weighted by Gasteiger charge is -2.11. The van der Waals surface area contributed by atoms with Crippen LogP contribution in [-0.4, -0.2) is 22.2 Å². The van der Waals surface area contributed by atoms with E-state index in [-0.39, 0.29) is 0 Å². The van der Waals surface area contributed by atoms with Crippen LogP contribution in [0.5, 0.6) is 0 Å². The molecular formula is C16H24N8. The molecule has 0 spiro atoms. The third kappa shape index (κ3) is 11.8. The van der Waals surface area contributed by atoms with Gasteiger partial charge in [0.25, 0.3) is 0 Å². The highest BCUT2D eigenvalue weighted by atomic mass is 15.2. The SMILES string of the molecule is CC(C)(C#N)/N=N/C(C)(C)C#N.CC(C)(C#N)/N=N/C(C)(C)C#N. The summed E-state index contributed by atoms with van der Waals surface area (Å²) in [6.45, 7) is 13.1. The molecule has 0 aliphatic carbocycles. The molecule has 24 heavy (non-hydrogen) atoms. The summed E-state index contributed by atoms with van der Waals surface area (Å²) in [6.07, 6.45) is 0. The van der Waals surface area contributed by atoms with Crippen LogP contribution in [0.25, 0.3) is 0 Å². The van der Waals surface area contributed by atoms with E-state index < -0.39 is 22.2 Å². The highest BCUT2D eigenvalue weighted by molar-refractivity contribution is 5.04. The summed E-state index contributed by atoms with van der Waals surface area (Å²) in [7, 11) is 0. The van der Waals surface area contributed by atoms with Crippen molar-refractivity contribution in [3.8, 4) is 24.3 Å². The van der Waals surface area contributed by atoms with Gasteiger partial charge in [0.1, 0.15) is 0 Å². The van der Waals surface area contributed by atoms with Crippen LogP contribution in [0, 0.1) is 45.3 Å². The van der Waals surface area contributed by atoms with Crippen molar-refractivity contribution in [3.05, 3.63) is 0 Å². The van der Waals surface area contributed by atoms with Gasteiger partial charge in [-0.2, -0.15) is 41.5 Å². The second kappa shape index (κ2) is 8.70. The van der Waals surface area contributed by atoms with E-state index in [2.05, 4.69) is 20.5 Å². The van der Waals surface area contributed by atoms with Gasteiger partial charge < -0.3 is 0 Å². The number of rotatable bonds is 4. The smallest absolute Gasteiger partial charge is 0.162 e. The molecule has 8 nitrogen and oxygen atoms in total. The molecule has 0 saturated carbocycles. The van der Waals surface area contributed by atoms with E-state index in [0.29, 0.717) is 0 Å². The van der Waals surface area contributed by atoms with Crippen molar-refractivity contribution in [2.24, 2.45) is 20.5 Å². The normalized spacial score (nSPS) is 12.5. The van der Waals surface area contributed by atoms with E-state index in [9.17, 15) is 0 Å². The van der Waals surface area contributed by atoms with Crippen LogP contribution in [0.2, 0.25) is 0 Å². The average Bonchev–Trinajstić information content (AvgIpc) is 2.52. The Morgan fingerprint density at radius 3 is 0.625 bits per heavy atom. The molecule has 0 amide bonds. The number of nitriles is 4. The molecule has 0 aromatic rings. The van der Waals surface area contributed by atoms with Crippen molar-refractivity contribution in [2.75, 3.05) is 0 Å². The summed E-state index contributed by atoms with van der Waals surface area (Å²) in [4.78, 5) is 0. The first-order chi connectivity index (χ1) is 10.7. The van der Waals surface area contributed by atoms with E-state index in [1.165, 1.54) is 0 Å². The molecule has 0 aliphatic rings. The third-order valence-corrected chi connectivity index (χ3v) is 2.19. The zero-order chi connectivity index (χ0) is 19.7. The fourth-order valence-electron chi connectivity index (χ4n) is 0.589. The van der Waals surface area contributed by atoms with Crippen LogP contribution in [0.1, 0.15) is 55.4 Å². The van der Waals surface area contributed by atoms with Gasteiger partial charge in [-0.15, -0.1) is 0 Å². The van der Waals surface area contributed by atoms with E-state index in [1.807, 2.05) is 24.3 Å². The van der Waals surface area contributed by atoms with E-state index in [0.717, 1.165) is 0 Å². The zero-order valence-corrected chi connectivity index (χ0v) is 15.6. The monoisotopic (exact) mass is 328 g/mol. The molecular weight excluding hydrogens is 304 g/mol. The van der Waals surface area contributed by atoms with Gasteiger partial charge in [0, 0.05) is 0 Å². The first-order valence-corrected chi connectivity index (χ1v) is 7.19. The maximum Gasteiger partial charge on any atom is 0.162 e. The second-order valence-electron chi connectivity index (χ2n) is 7.08. The fourth-order valence-corrected chi connectivity index (χ4v) is 0.589. The number of hydrogen-bond acceptors (Lipinski definition) is 8. The number of azo groups is 2. The van der Waals surface area contributed by atoms with Crippen molar-refractivity contribution in [1.82, 2.24) is 0 Å². The summed E-state index contributed by atoms with van der Waals surface area (Å²) in [6, 6.07) is 7.87. The fraction of sp³-hybridized carbons (Fsp3) is 0.750. The van der Waals surface area contributed by atoms with E-state index >= 15 is 0 Å². The molecule has 8 heteroatoms. The summed E-state index contributed by atoms with van der Waals surface area (Å²) < 4.78 is 0. The Labute approximate surface area is 144 Å². The molecule has 0 N–H and O–H groups in total. The Bertz CT molecular complexity index is 526. The Morgan fingerprint density at radius 1 is 0.417 bits per heavy atom. The Balaban J connectivity index is 0. The quantitative estimate of drug-likeness (QED) is 0.715. The predicted molar refractivity (Wildman–Crippen MR) is 88.5 cm³/mol. The van der Waals surface area contributed by atoms with Gasteiger partial charge in [-0.3, -0.25) is 0 Å². The summed E-state index contributed by atoms with van der Waals surface area (Å²) in [5.41, 5.74) is -3.36. The second-order valence-corrected chi connectivity index (χ2v) is 7.08. The Morgan fingerprint density at radius 2 is 0.542 bits per heavy atom. The average molecular weight is 328 g/mol. The lowest BCUT2D eigenvalue weighted by Crippen LogP contribution is -2.17. The molecule has 0 radical (unpaired) electrons. The minimum Gasteiger partial charge on any atom is -0.196 e. The molecule has 0 saturated heterocycles. The molecule has 0 atom stereocenters. The van der Waals surface area contributed by atoms with Crippen molar-refractivity contribution in [2.45, 2.75) is 77.5 Å². The maximum atomic E-state index is 8.58. The van der Waals surface area contributed by atoms with Crippen LogP contribution in [0.3, 0.4) is 0 Å². The van der Waals surface area contributed by atoms with Gasteiger partial charge in [0.15, 0.2) is 22.2 Å².